The fraction of sp³-hybridized carbons (Fsp3) is 0.417. The Kier molecular flexibility index (Phi) is 3.93. The fourth-order valence-corrected chi connectivity index (χ4v) is 2.03. The Hall–Kier alpha value is -1.46. The summed E-state index contributed by atoms with van der Waals surface area (Å²) in [6.45, 7) is 4.75. The molecule has 0 saturated heterocycles. The first-order chi connectivity index (χ1) is 8.63. The van der Waals surface area contributed by atoms with Gasteiger partial charge in [-0.3, -0.25) is 14.6 Å². The molecule has 2 aromatic heterocycles. The van der Waals surface area contributed by atoms with Crippen LogP contribution in [0.1, 0.15) is 36.5 Å². The van der Waals surface area contributed by atoms with E-state index in [1.807, 2.05) is 11.6 Å². The first kappa shape index (κ1) is 13.0. The molecule has 0 aliphatic heterocycles. The highest BCUT2D eigenvalue weighted by molar-refractivity contribution is 6.31. The summed E-state index contributed by atoms with van der Waals surface area (Å²) in [4.78, 5) is 8.49. The third-order valence-corrected chi connectivity index (χ3v) is 2.97. The van der Waals surface area contributed by atoms with Crippen LogP contribution in [0.15, 0.2) is 18.6 Å². The zero-order valence-corrected chi connectivity index (χ0v) is 11.2. The average Bonchev–Trinajstić information content (AvgIpc) is 2.71. The predicted molar refractivity (Wildman–Crippen MR) is 70.3 cm³/mol. The maximum Gasteiger partial charge on any atom is 0.0927 e. The van der Waals surface area contributed by atoms with Crippen LogP contribution in [-0.2, 0) is 6.54 Å². The molecule has 0 saturated carbocycles. The molecule has 0 fully saturated rings. The molecule has 2 rings (SSSR count). The lowest BCUT2D eigenvalue weighted by molar-refractivity contribution is 0.556. The third-order valence-electron chi connectivity index (χ3n) is 2.68. The van der Waals surface area contributed by atoms with Crippen molar-refractivity contribution < 1.29 is 0 Å². The third kappa shape index (κ3) is 2.52. The number of nitrogens with zero attached hydrogens (tertiary/aromatic N) is 4. The summed E-state index contributed by atoms with van der Waals surface area (Å²) in [5.41, 5.74) is 8.54. The standard InChI is InChI=1S/C12H16ClN5/c1-3-4-18-12(9(13)6-17-18)11(14)10-7-15-8(2)5-16-10/h5-7,11H,3-4,14H2,1-2H3. The quantitative estimate of drug-likeness (QED) is 0.919. The van der Waals surface area contributed by atoms with E-state index in [-0.39, 0.29) is 0 Å². The number of hydrogen-bond acceptors (Lipinski definition) is 4. The van der Waals surface area contributed by atoms with Crippen LogP contribution in [0.5, 0.6) is 0 Å². The van der Waals surface area contributed by atoms with Crippen LogP contribution in [-0.4, -0.2) is 19.7 Å². The lowest BCUT2D eigenvalue weighted by Gasteiger charge is -2.14. The summed E-state index contributed by atoms with van der Waals surface area (Å²) in [5.74, 6) is 0. The van der Waals surface area contributed by atoms with Gasteiger partial charge in [0.1, 0.15) is 0 Å². The van der Waals surface area contributed by atoms with E-state index in [1.54, 1.807) is 18.6 Å². The van der Waals surface area contributed by atoms with E-state index >= 15 is 0 Å². The van der Waals surface area contributed by atoms with E-state index in [9.17, 15) is 0 Å². The predicted octanol–water partition coefficient (Wildman–Crippen LogP) is 2.09. The fourth-order valence-electron chi connectivity index (χ4n) is 1.77. The summed E-state index contributed by atoms with van der Waals surface area (Å²) in [7, 11) is 0. The van der Waals surface area contributed by atoms with E-state index < -0.39 is 6.04 Å². The molecule has 0 aromatic carbocycles. The van der Waals surface area contributed by atoms with Gasteiger partial charge in [0, 0.05) is 12.7 Å². The van der Waals surface area contributed by atoms with Crippen LogP contribution >= 0.6 is 11.6 Å². The van der Waals surface area contributed by atoms with Crippen LogP contribution in [0.4, 0.5) is 0 Å². The van der Waals surface area contributed by atoms with Gasteiger partial charge in [-0.25, -0.2) is 0 Å². The molecule has 2 aromatic rings. The SMILES string of the molecule is CCCn1ncc(Cl)c1C(N)c1cnc(C)cn1. The molecule has 0 aliphatic carbocycles. The zero-order valence-electron chi connectivity index (χ0n) is 10.5. The molecular formula is C12H16ClN5. The monoisotopic (exact) mass is 265 g/mol. The summed E-state index contributed by atoms with van der Waals surface area (Å²) < 4.78 is 1.83. The molecule has 5 nitrogen and oxygen atoms in total. The van der Waals surface area contributed by atoms with Gasteiger partial charge in [-0.15, -0.1) is 0 Å². The Bertz CT molecular complexity index is 520. The number of aromatic nitrogens is 4. The van der Waals surface area contributed by atoms with Crippen molar-refractivity contribution in [1.82, 2.24) is 19.7 Å². The molecule has 18 heavy (non-hydrogen) atoms. The van der Waals surface area contributed by atoms with Crippen LogP contribution in [0.2, 0.25) is 5.02 Å². The Labute approximate surface area is 111 Å². The van der Waals surface area contributed by atoms with Gasteiger partial charge in [-0.05, 0) is 13.3 Å². The molecule has 0 spiro atoms. The Morgan fingerprint density at radius 2 is 2.11 bits per heavy atom. The largest absolute Gasteiger partial charge is 0.318 e. The second-order valence-corrected chi connectivity index (χ2v) is 4.57. The number of halogens is 1. The molecule has 1 unspecified atom stereocenters. The zero-order chi connectivity index (χ0) is 13.1. The summed E-state index contributed by atoms with van der Waals surface area (Å²) in [6, 6.07) is -0.403. The minimum absolute atomic E-state index is 0.403. The molecule has 2 N–H and O–H groups in total. The van der Waals surface area contributed by atoms with Gasteiger partial charge in [-0.2, -0.15) is 5.10 Å². The van der Waals surface area contributed by atoms with Gasteiger partial charge in [0.05, 0.1) is 40.5 Å². The topological polar surface area (TPSA) is 69.6 Å². The van der Waals surface area contributed by atoms with Gasteiger partial charge >= 0.3 is 0 Å². The van der Waals surface area contributed by atoms with E-state index in [0.29, 0.717) is 10.7 Å². The van der Waals surface area contributed by atoms with Crippen molar-refractivity contribution in [2.75, 3.05) is 0 Å². The normalized spacial score (nSPS) is 12.7. The Morgan fingerprint density at radius 1 is 1.33 bits per heavy atom. The molecule has 0 amide bonds. The van der Waals surface area contributed by atoms with Crippen molar-refractivity contribution in [3.63, 3.8) is 0 Å². The van der Waals surface area contributed by atoms with Crippen molar-refractivity contribution in [2.24, 2.45) is 5.73 Å². The van der Waals surface area contributed by atoms with Gasteiger partial charge in [0.25, 0.3) is 0 Å². The van der Waals surface area contributed by atoms with Gasteiger partial charge in [-0.1, -0.05) is 18.5 Å². The second-order valence-electron chi connectivity index (χ2n) is 4.16. The van der Waals surface area contributed by atoms with E-state index in [0.717, 1.165) is 24.4 Å². The minimum Gasteiger partial charge on any atom is -0.318 e. The molecule has 1 atom stereocenters. The van der Waals surface area contributed by atoms with Crippen molar-refractivity contribution in [2.45, 2.75) is 32.9 Å². The molecule has 0 aliphatic rings. The van der Waals surface area contributed by atoms with Gasteiger partial charge < -0.3 is 5.73 Å². The smallest absolute Gasteiger partial charge is 0.0927 e. The second kappa shape index (κ2) is 5.46. The maximum absolute atomic E-state index is 6.19. The summed E-state index contributed by atoms with van der Waals surface area (Å²) in [5, 5.41) is 4.79. The average molecular weight is 266 g/mol. The van der Waals surface area contributed by atoms with Crippen molar-refractivity contribution in [3.8, 4) is 0 Å². The molecular weight excluding hydrogens is 250 g/mol. The van der Waals surface area contributed by atoms with E-state index in [4.69, 9.17) is 17.3 Å². The summed E-state index contributed by atoms with van der Waals surface area (Å²) >= 11 is 6.15. The molecule has 0 bridgehead atoms. The lowest BCUT2D eigenvalue weighted by Crippen LogP contribution is -2.19. The van der Waals surface area contributed by atoms with Crippen molar-refractivity contribution >= 4 is 11.6 Å². The highest BCUT2D eigenvalue weighted by Crippen LogP contribution is 2.25. The lowest BCUT2D eigenvalue weighted by atomic mass is 10.1. The maximum atomic E-state index is 6.19. The molecule has 6 heteroatoms. The first-order valence-corrected chi connectivity index (χ1v) is 6.26. The Balaban J connectivity index is 2.35. The summed E-state index contributed by atoms with van der Waals surface area (Å²) in [6.07, 6.45) is 5.97. The van der Waals surface area contributed by atoms with Crippen LogP contribution in [0.25, 0.3) is 0 Å². The number of hydrogen-bond donors (Lipinski definition) is 1. The van der Waals surface area contributed by atoms with Gasteiger partial charge in [0.2, 0.25) is 0 Å². The number of rotatable bonds is 4. The first-order valence-electron chi connectivity index (χ1n) is 5.88. The molecule has 2 heterocycles. The highest BCUT2D eigenvalue weighted by atomic mass is 35.5. The minimum atomic E-state index is -0.403. The van der Waals surface area contributed by atoms with Crippen LogP contribution in [0.3, 0.4) is 0 Å². The van der Waals surface area contributed by atoms with Crippen molar-refractivity contribution in [3.05, 3.63) is 40.7 Å². The van der Waals surface area contributed by atoms with Crippen LogP contribution in [0, 0.1) is 6.92 Å². The Morgan fingerprint density at radius 3 is 2.72 bits per heavy atom. The van der Waals surface area contributed by atoms with E-state index in [2.05, 4.69) is 22.0 Å². The number of aryl methyl sites for hydroxylation is 2. The number of nitrogens with two attached hydrogens (primary N) is 1. The van der Waals surface area contributed by atoms with Gasteiger partial charge in [0.15, 0.2) is 0 Å². The van der Waals surface area contributed by atoms with E-state index in [1.165, 1.54) is 0 Å². The van der Waals surface area contributed by atoms with Crippen molar-refractivity contribution in [1.29, 1.82) is 0 Å². The highest BCUT2D eigenvalue weighted by Gasteiger charge is 2.19. The molecule has 96 valence electrons. The van der Waals surface area contributed by atoms with Crippen LogP contribution < -0.4 is 5.73 Å². The molecule has 0 radical (unpaired) electrons.